The molecule has 2 aromatic rings. The van der Waals surface area contributed by atoms with E-state index in [1.165, 1.54) is 31.2 Å². The van der Waals surface area contributed by atoms with E-state index in [-0.39, 0.29) is 35.4 Å². The first kappa shape index (κ1) is 24.9. The molecule has 1 aliphatic carbocycles. The van der Waals surface area contributed by atoms with Crippen LogP contribution >= 0.6 is 24.0 Å². The Bertz CT molecular complexity index is 835. The van der Waals surface area contributed by atoms with Crippen LogP contribution in [0.4, 0.5) is 0 Å². The van der Waals surface area contributed by atoms with E-state index in [1.54, 1.807) is 13.4 Å². The Morgan fingerprint density at radius 3 is 2.81 bits per heavy atom. The Hall–Kier alpha value is -1.74. The van der Waals surface area contributed by atoms with Crippen LogP contribution in [0.5, 0.6) is 5.75 Å². The second-order valence-electron chi connectivity index (χ2n) is 8.74. The largest absolute Gasteiger partial charge is 0.493 e. The Morgan fingerprint density at radius 2 is 2.03 bits per heavy atom. The molecule has 0 saturated heterocycles. The van der Waals surface area contributed by atoms with Gasteiger partial charge in [0, 0.05) is 45.2 Å². The van der Waals surface area contributed by atoms with Gasteiger partial charge >= 0.3 is 0 Å². The summed E-state index contributed by atoms with van der Waals surface area (Å²) in [6.07, 6.45) is 9.60. The van der Waals surface area contributed by atoms with Gasteiger partial charge in [-0.3, -0.25) is 4.99 Å². The number of methoxy groups -OCH3 is 1. The van der Waals surface area contributed by atoms with Gasteiger partial charge in [0.2, 0.25) is 0 Å². The van der Waals surface area contributed by atoms with Gasteiger partial charge < -0.3 is 24.5 Å². The highest BCUT2D eigenvalue weighted by molar-refractivity contribution is 14.0. The monoisotopic (exact) mass is 553 g/mol. The van der Waals surface area contributed by atoms with Gasteiger partial charge in [-0.2, -0.15) is 0 Å². The number of fused-ring (bicyclic) bond motifs is 1. The first-order valence-corrected chi connectivity index (χ1v) is 11.6. The summed E-state index contributed by atoms with van der Waals surface area (Å²) in [6, 6.07) is 12.4. The molecular formula is C25H36IN3O3. The third kappa shape index (κ3) is 6.63. The van der Waals surface area contributed by atoms with E-state index in [9.17, 15) is 0 Å². The maximum Gasteiger partial charge on any atom is 0.191 e. The van der Waals surface area contributed by atoms with Crippen molar-refractivity contribution < 1.29 is 13.9 Å². The van der Waals surface area contributed by atoms with Crippen molar-refractivity contribution in [3.05, 3.63) is 54.0 Å². The third-order valence-corrected chi connectivity index (χ3v) is 6.59. The van der Waals surface area contributed by atoms with Crippen molar-refractivity contribution in [3.8, 4) is 5.75 Å². The quantitative estimate of drug-likeness (QED) is 0.257. The third-order valence-electron chi connectivity index (χ3n) is 6.59. The lowest BCUT2D eigenvalue weighted by Gasteiger charge is -2.30. The molecule has 6 nitrogen and oxygen atoms in total. The fraction of sp³-hybridized carbons (Fsp3) is 0.560. The van der Waals surface area contributed by atoms with E-state index < -0.39 is 0 Å². The maximum atomic E-state index is 5.84. The molecule has 1 atom stereocenters. The molecule has 0 radical (unpaired) electrons. The number of hydrogen-bond donors (Lipinski definition) is 2. The van der Waals surface area contributed by atoms with Gasteiger partial charge in [0.1, 0.15) is 11.5 Å². The fourth-order valence-electron chi connectivity index (χ4n) is 4.75. The van der Waals surface area contributed by atoms with Crippen molar-refractivity contribution in [2.45, 2.75) is 51.0 Å². The predicted molar refractivity (Wildman–Crippen MR) is 138 cm³/mol. The van der Waals surface area contributed by atoms with Crippen molar-refractivity contribution in [1.29, 1.82) is 0 Å². The van der Waals surface area contributed by atoms with Gasteiger partial charge in [0.05, 0.1) is 18.9 Å². The zero-order valence-electron chi connectivity index (χ0n) is 19.0. The van der Waals surface area contributed by atoms with Crippen LogP contribution in [0.15, 0.2) is 52.1 Å². The van der Waals surface area contributed by atoms with Crippen LogP contribution in [0, 0.1) is 5.41 Å². The van der Waals surface area contributed by atoms with Crippen molar-refractivity contribution in [2.75, 3.05) is 33.4 Å². The van der Waals surface area contributed by atoms with E-state index in [4.69, 9.17) is 18.9 Å². The van der Waals surface area contributed by atoms with Crippen molar-refractivity contribution in [2.24, 2.45) is 10.4 Å². The van der Waals surface area contributed by atoms with Gasteiger partial charge in [-0.15, -0.1) is 24.0 Å². The highest BCUT2D eigenvalue weighted by atomic mass is 127. The zero-order valence-corrected chi connectivity index (χ0v) is 21.3. The van der Waals surface area contributed by atoms with E-state index in [0.29, 0.717) is 6.61 Å². The van der Waals surface area contributed by atoms with Crippen LogP contribution in [0.1, 0.15) is 55.9 Å². The molecule has 176 valence electrons. The fourth-order valence-corrected chi connectivity index (χ4v) is 4.75. The second kappa shape index (κ2) is 12.5. The molecule has 1 aromatic carbocycles. The predicted octanol–water partition coefficient (Wildman–Crippen LogP) is 5.10. The SMILES string of the molecule is COCCC1(CN=C(NCCc2ccco2)NC2CCOc3ccccc32)CCCC1.I. The topological polar surface area (TPSA) is 68.0 Å². The smallest absolute Gasteiger partial charge is 0.191 e. The van der Waals surface area contributed by atoms with Crippen LogP contribution in [0.3, 0.4) is 0 Å². The number of nitrogens with one attached hydrogen (secondary N) is 2. The standard InChI is InChI=1S/C25H35N3O3.HI/c1-29-18-14-25(12-4-5-13-25)19-27-24(26-15-10-20-7-6-16-30-20)28-22-11-17-31-23-9-3-2-8-21(22)23;/h2-3,6-9,16,22H,4-5,10-15,17-19H2,1H3,(H2,26,27,28);1H. The minimum Gasteiger partial charge on any atom is -0.493 e. The summed E-state index contributed by atoms with van der Waals surface area (Å²) in [5.74, 6) is 2.82. The Morgan fingerprint density at radius 1 is 1.19 bits per heavy atom. The summed E-state index contributed by atoms with van der Waals surface area (Å²) < 4.78 is 16.7. The highest BCUT2D eigenvalue weighted by Gasteiger charge is 2.33. The number of ether oxygens (including phenoxy) is 2. The number of aliphatic imine (C=N–C) groups is 1. The summed E-state index contributed by atoms with van der Waals surface area (Å²) in [5.41, 5.74) is 1.46. The molecule has 1 saturated carbocycles. The molecule has 2 aliphatic rings. The maximum absolute atomic E-state index is 5.84. The summed E-state index contributed by atoms with van der Waals surface area (Å²) in [5, 5.41) is 7.23. The summed E-state index contributed by atoms with van der Waals surface area (Å²) in [4.78, 5) is 5.08. The van der Waals surface area contributed by atoms with Crippen LogP contribution in [0.2, 0.25) is 0 Å². The van der Waals surface area contributed by atoms with Gasteiger partial charge in [-0.1, -0.05) is 31.0 Å². The number of guanidine groups is 1. The number of nitrogens with zero attached hydrogens (tertiary/aromatic N) is 1. The highest BCUT2D eigenvalue weighted by Crippen LogP contribution is 2.41. The summed E-state index contributed by atoms with van der Waals surface area (Å²) in [7, 11) is 1.79. The van der Waals surface area contributed by atoms with Gasteiger partial charge in [-0.05, 0) is 42.9 Å². The van der Waals surface area contributed by atoms with E-state index in [1.807, 2.05) is 24.3 Å². The normalized spacial score (nSPS) is 19.5. The lowest BCUT2D eigenvalue weighted by atomic mass is 9.83. The number of furan rings is 1. The van der Waals surface area contributed by atoms with Gasteiger partial charge in [0.25, 0.3) is 0 Å². The first-order valence-electron chi connectivity index (χ1n) is 11.6. The van der Waals surface area contributed by atoms with Crippen LogP contribution in [0.25, 0.3) is 0 Å². The molecule has 2 heterocycles. The molecule has 32 heavy (non-hydrogen) atoms. The lowest BCUT2D eigenvalue weighted by Crippen LogP contribution is -2.42. The molecule has 4 rings (SSSR count). The van der Waals surface area contributed by atoms with Crippen LogP contribution in [-0.4, -0.2) is 39.4 Å². The molecule has 0 bridgehead atoms. The summed E-state index contributed by atoms with van der Waals surface area (Å²) >= 11 is 0. The number of hydrogen-bond acceptors (Lipinski definition) is 4. The van der Waals surface area contributed by atoms with Crippen LogP contribution < -0.4 is 15.4 Å². The van der Waals surface area contributed by atoms with Crippen molar-refractivity contribution in [3.63, 3.8) is 0 Å². The molecule has 1 aliphatic heterocycles. The van der Waals surface area contributed by atoms with E-state index in [0.717, 1.165) is 56.4 Å². The van der Waals surface area contributed by atoms with E-state index >= 15 is 0 Å². The Balaban J connectivity index is 0.00000289. The number of halogens is 1. The molecule has 7 heteroatoms. The number of para-hydroxylation sites is 1. The molecular weight excluding hydrogens is 517 g/mol. The average molecular weight is 553 g/mol. The Labute approximate surface area is 208 Å². The molecule has 2 N–H and O–H groups in total. The zero-order chi connectivity index (χ0) is 21.4. The Kier molecular flexibility index (Phi) is 9.71. The van der Waals surface area contributed by atoms with Crippen LogP contribution in [-0.2, 0) is 11.2 Å². The summed E-state index contributed by atoms with van der Waals surface area (Å²) in [6.45, 7) is 3.12. The molecule has 0 spiro atoms. The van der Waals surface area contributed by atoms with Gasteiger partial charge in [0.15, 0.2) is 5.96 Å². The van der Waals surface area contributed by atoms with E-state index in [2.05, 4.69) is 22.8 Å². The van der Waals surface area contributed by atoms with Crippen molar-refractivity contribution >= 4 is 29.9 Å². The number of rotatable bonds is 9. The number of benzene rings is 1. The second-order valence-corrected chi connectivity index (χ2v) is 8.74. The molecule has 1 unspecified atom stereocenters. The average Bonchev–Trinajstić information content (AvgIpc) is 3.49. The minimum atomic E-state index is 0. The van der Waals surface area contributed by atoms with Gasteiger partial charge in [-0.25, -0.2) is 0 Å². The minimum absolute atomic E-state index is 0. The van der Waals surface area contributed by atoms with Crippen molar-refractivity contribution in [1.82, 2.24) is 10.6 Å². The molecule has 0 amide bonds. The lowest BCUT2D eigenvalue weighted by molar-refractivity contribution is 0.141. The molecule has 1 aromatic heterocycles. The first-order chi connectivity index (χ1) is 15.3. The molecule has 1 fully saturated rings.